The third-order valence-electron chi connectivity index (χ3n) is 5.81. The predicted molar refractivity (Wildman–Crippen MR) is 155 cm³/mol. The van der Waals surface area contributed by atoms with Crippen LogP contribution in [0.1, 0.15) is 42.8 Å². The van der Waals surface area contributed by atoms with Gasteiger partial charge in [0.15, 0.2) is 4.80 Å². The van der Waals surface area contributed by atoms with E-state index >= 15 is 0 Å². The van der Waals surface area contributed by atoms with Crippen LogP contribution in [0, 0.1) is 0 Å². The number of thiazole rings is 1. The minimum atomic E-state index is -0.656. The molecule has 0 bridgehead atoms. The second kappa shape index (κ2) is 11.2. The molecule has 1 aliphatic rings. The number of ether oxygens (including phenoxy) is 2. The fraction of sp³-hybridized carbons (Fsp3) is 0.207. The van der Waals surface area contributed by atoms with E-state index in [2.05, 4.69) is 15.9 Å². The second-order valence-electron chi connectivity index (χ2n) is 8.80. The quantitative estimate of drug-likeness (QED) is 0.258. The molecule has 0 unspecified atom stereocenters. The molecule has 0 N–H and O–H groups in total. The van der Waals surface area contributed by atoms with Crippen LogP contribution in [0.2, 0.25) is 0 Å². The second-order valence-corrected chi connectivity index (χ2v) is 11.7. The van der Waals surface area contributed by atoms with Crippen LogP contribution in [0.4, 0.5) is 0 Å². The summed E-state index contributed by atoms with van der Waals surface area (Å²) >= 11 is 6.31. The highest BCUT2D eigenvalue weighted by Gasteiger charge is 2.35. The molecule has 3 heterocycles. The number of hydrogen-bond acceptors (Lipinski definition) is 7. The average molecular weight is 610 g/mol. The Bertz CT molecular complexity index is 1690. The van der Waals surface area contributed by atoms with Gasteiger partial charge in [-0.1, -0.05) is 63.7 Å². The SMILES string of the molecule is CCOC(=O)C1=C(c2ccccc2)N=c2s/c(=C/c3cc(Br)ccc3OC(C)C)c(=O)n2[C@H]1c1cccs1. The van der Waals surface area contributed by atoms with E-state index in [9.17, 15) is 9.59 Å². The molecule has 2 aromatic carbocycles. The number of hydrogen-bond donors (Lipinski definition) is 0. The van der Waals surface area contributed by atoms with Crippen LogP contribution in [-0.2, 0) is 9.53 Å². The Morgan fingerprint density at radius 1 is 1.16 bits per heavy atom. The van der Waals surface area contributed by atoms with Gasteiger partial charge in [0.2, 0.25) is 0 Å². The molecule has 0 fully saturated rings. The molecule has 0 aliphatic carbocycles. The molecule has 2 aromatic heterocycles. The molecular weight excluding hydrogens is 584 g/mol. The van der Waals surface area contributed by atoms with Crippen molar-refractivity contribution in [3.05, 3.63) is 112 Å². The number of aromatic nitrogens is 1. The molecule has 0 saturated carbocycles. The van der Waals surface area contributed by atoms with Crippen molar-refractivity contribution < 1.29 is 14.3 Å². The summed E-state index contributed by atoms with van der Waals surface area (Å²) in [5.41, 5.74) is 2.21. The number of thiophene rings is 1. The van der Waals surface area contributed by atoms with E-state index in [1.165, 1.54) is 22.7 Å². The summed E-state index contributed by atoms with van der Waals surface area (Å²) in [6.07, 6.45) is 1.80. The number of carbonyl (C=O) groups excluding carboxylic acids is 1. The number of carbonyl (C=O) groups is 1. The highest BCUT2D eigenvalue weighted by atomic mass is 79.9. The number of esters is 1. The van der Waals surface area contributed by atoms with Gasteiger partial charge in [0.25, 0.3) is 5.56 Å². The molecule has 6 nitrogen and oxygen atoms in total. The number of benzene rings is 2. The van der Waals surface area contributed by atoms with Crippen molar-refractivity contribution in [1.29, 1.82) is 0 Å². The molecule has 4 aromatic rings. The lowest BCUT2D eigenvalue weighted by atomic mass is 9.97. The highest BCUT2D eigenvalue weighted by molar-refractivity contribution is 9.10. The maximum atomic E-state index is 14.0. The lowest BCUT2D eigenvalue weighted by Gasteiger charge is -2.24. The van der Waals surface area contributed by atoms with Gasteiger partial charge >= 0.3 is 5.97 Å². The standard InChI is InChI=1S/C29H25BrN2O4S2/c1-4-35-28(34)24-25(18-9-6-5-7-10-18)31-29-32(26(24)22-11-8-14-37-22)27(33)23(38-29)16-19-15-20(30)12-13-21(19)36-17(2)3/h5-17,26H,4H2,1-3H3/b23-16+/t26-/m0/s1. The van der Waals surface area contributed by atoms with Crippen LogP contribution in [0.15, 0.2) is 85.9 Å². The molecule has 38 heavy (non-hydrogen) atoms. The Hall–Kier alpha value is -3.27. The lowest BCUT2D eigenvalue weighted by Crippen LogP contribution is -2.39. The smallest absolute Gasteiger partial charge is 0.338 e. The van der Waals surface area contributed by atoms with Crippen molar-refractivity contribution in [1.82, 2.24) is 4.57 Å². The fourth-order valence-electron chi connectivity index (χ4n) is 4.29. The van der Waals surface area contributed by atoms with Crippen molar-refractivity contribution in [2.45, 2.75) is 32.9 Å². The van der Waals surface area contributed by atoms with Crippen molar-refractivity contribution in [2.24, 2.45) is 4.99 Å². The highest BCUT2D eigenvalue weighted by Crippen LogP contribution is 2.37. The Labute approximate surface area is 236 Å². The van der Waals surface area contributed by atoms with E-state index in [4.69, 9.17) is 14.5 Å². The third-order valence-corrected chi connectivity index (χ3v) is 8.21. The van der Waals surface area contributed by atoms with E-state index in [1.807, 2.05) is 86.0 Å². The number of halogens is 1. The Kier molecular flexibility index (Phi) is 7.78. The molecular formula is C29H25BrN2O4S2. The first-order valence-electron chi connectivity index (χ1n) is 12.2. The molecule has 0 radical (unpaired) electrons. The largest absolute Gasteiger partial charge is 0.490 e. The van der Waals surface area contributed by atoms with Crippen LogP contribution in [0.5, 0.6) is 5.75 Å². The first kappa shape index (κ1) is 26.3. The predicted octanol–water partition coefficient (Wildman–Crippen LogP) is 5.55. The molecule has 0 amide bonds. The van der Waals surface area contributed by atoms with Gasteiger partial charge in [-0.15, -0.1) is 11.3 Å². The number of rotatable bonds is 7. The van der Waals surface area contributed by atoms with Crippen molar-refractivity contribution in [2.75, 3.05) is 6.61 Å². The Morgan fingerprint density at radius 3 is 2.63 bits per heavy atom. The van der Waals surface area contributed by atoms with Crippen LogP contribution >= 0.6 is 38.6 Å². The summed E-state index contributed by atoms with van der Waals surface area (Å²) in [5.74, 6) is 0.198. The van der Waals surface area contributed by atoms with Crippen LogP contribution in [-0.4, -0.2) is 23.2 Å². The third kappa shape index (κ3) is 5.18. The van der Waals surface area contributed by atoms with Crippen LogP contribution < -0.4 is 19.6 Å². The minimum absolute atomic E-state index is 0.0241. The number of fused-ring (bicyclic) bond motifs is 1. The number of nitrogens with zero attached hydrogens (tertiary/aromatic N) is 2. The topological polar surface area (TPSA) is 69.9 Å². The molecule has 9 heteroatoms. The zero-order chi connectivity index (χ0) is 26.8. The normalized spacial score (nSPS) is 15.4. The zero-order valence-corrected chi connectivity index (χ0v) is 24.2. The van der Waals surface area contributed by atoms with E-state index < -0.39 is 12.0 Å². The van der Waals surface area contributed by atoms with Gasteiger partial charge in [-0.25, -0.2) is 9.79 Å². The zero-order valence-electron chi connectivity index (χ0n) is 21.0. The van der Waals surface area contributed by atoms with Gasteiger partial charge in [-0.2, -0.15) is 0 Å². The van der Waals surface area contributed by atoms with Crippen molar-refractivity contribution in [3.8, 4) is 5.75 Å². The lowest BCUT2D eigenvalue weighted by molar-refractivity contribution is -0.138. The van der Waals surface area contributed by atoms with E-state index in [-0.39, 0.29) is 18.3 Å². The van der Waals surface area contributed by atoms with E-state index in [1.54, 1.807) is 11.5 Å². The molecule has 194 valence electrons. The fourth-order valence-corrected chi connectivity index (χ4v) is 6.49. The summed E-state index contributed by atoms with van der Waals surface area (Å²) in [6, 6.07) is 18.4. The monoisotopic (exact) mass is 608 g/mol. The first-order chi connectivity index (χ1) is 18.4. The molecule has 5 rings (SSSR count). The molecule has 0 spiro atoms. The summed E-state index contributed by atoms with van der Waals surface area (Å²) in [6.45, 7) is 5.91. The molecule has 1 aliphatic heterocycles. The minimum Gasteiger partial charge on any atom is -0.490 e. The summed E-state index contributed by atoms with van der Waals surface area (Å²) < 4.78 is 14.5. The van der Waals surface area contributed by atoms with E-state index in [0.29, 0.717) is 26.4 Å². The summed E-state index contributed by atoms with van der Waals surface area (Å²) in [7, 11) is 0. The maximum Gasteiger partial charge on any atom is 0.338 e. The first-order valence-corrected chi connectivity index (χ1v) is 14.6. The van der Waals surface area contributed by atoms with Gasteiger partial charge in [0, 0.05) is 20.5 Å². The van der Waals surface area contributed by atoms with Gasteiger partial charge in [-0.05, 0) is 56.5 Å². The van der Waals surface area contributed by atoms with Gasteiger partial charge < -0.3 is 9.47 Å². The van der Waals surface area contributed by atoms with Gasteiger partial charge in [0.1, 0.15) is 11.8 Å². The van der Waals surface area contributed by atoms with Crippen LogP contribution in [0.3, 0.4) is 0 Å². The van der Waals surface area contributed by atoms with Crippen molar-refractivity contribution in [3.63, 3.8) is 0 Å². The van der Waals surface area contributed by atoms with E-state index in [0.717, 1.165) is 20.5 Å². The van der Waals surface area contributed by atoms with Gasteiger partial charge in [0.05, 0.1) is 28.5 Å². The van der Waals surface area contributed by atoms with Crippen molar-refractivity contribution >= 4 is 56.3 Å². The Morgan fingerprint density at radius 2 is 1.95 bits per heavy atom. The van der Waals surface area contributed by atoms with Gasteiger partial charge in [-0.3, -0.25) is 9.36 Å². The maximum absolute atomic E-state index is 14.0. The summed E-state index contributed by atoms with van der Waals surface area (Å²) in [4.78, 5) is 33.6. The molecule has 0 saturated heterocycles. The Balaban J connectivity index is 1.79. The molecule has 1 atom stereocenters. The van der Waals surface area contributed by atoms with Crippen LogP contribution in [0.25, 0.3) is 11.8 Å². The average Bonchev–Trinajstić information content (AvgIpc) is 3.54. The summed E-state index contributed by atoms with van der Waals surface area (Å²) in [5, 5.41) is 1.94.